The monoisotopic (exact) mass is 247 g/mol. The zero-order valence-electron chi connectivity index (χ0n) is 9.94. The summed E-state index contributed by atoms with van der Waals surface area (Å²) in [6, 6.07) is 7.72. The predicted octanol–water partition coefficient (Wildman–Crippen LogP) is 2.18. The van der Waals surface area contributed by atoms with Gasteiger partial charge in [-0.25, -0.2) is 0 Å². The Morgan fingerprint density at radius 1 is 1.44 bits per heavy atom. The van der Waals surface area contributed by atoms with Gasteiger partial charge in [0.05, 0.1) is 6.54 Å². The molecular weight excluding hydrogens is 234 g/mol. The first kappa shape index (κ1) is 12.1. The summed E-state index contributed by atoms with van der Waals surface area (Å²) in [5.74, 6) is 0.679. The Balaban J connectivity index is 1.88. The number of aryl methyl sites for hydroxylation is 1. The Bertz CT molecular complexity index is 551. The molecule has 1 aromatic carbocycles. The fourth-order valence-corrected chi connectivity index (χ4v) is 1.54. The lowest BCUT2D eigenvalue weighted by atomic mass is 10.2. The van der Waals surface area contributed by atoms with Gasteiger partial charge in [0.15, 0.2) is 0 Å². The molecule has 2 aromatic rings. The first-order valence-electron chi connectivity index (χ1n) is 5.51. The van der Waals surface area contributed by atoms with Crippen LogP contribution >= 0.6 is 0 Å². The summed E-state index contributed by atoms with van der Waals surface area (Å²) in [5, 5.41) is 10.5. The molecule has 1 heterocycles. The van der Waals surface area contributed by atoms with Crippen molar-refractivity contribution < 1.29 is 9.66 Å². The van der Waals surface area contributed by atoms with E-state index in [4.69, 9.17) is 4.74 Å². The van der Waals surface area contributed by atoms with E-state index >= 15 is 0 Å². The van der Waals surface area contributed by atoms with E-state index in [2.05, 4.69) is 4.98 Å². The van der Waals surface area contributed by atoms with Crippen molar-refractivity contribution in [3.8, 4) is 5.75 Å². The second-order valence-corrected chi connectivity index (χ2v) is 3.84. The van der Waals surface area contributed by atoms with E-state index in [1.807, 2.05) is 31.2 Å². The maximum Gasteiger partial charge on any atom is 0.381 e. The first-order chi connectivity index (χ1) is 8.66. The van der Waals surface area contributed by atoms with Gasteiger partial charge in [-0.2, -0.15) is 0 Å². The first-order valence-corrected chi connectivity index (χ1v) is 5.51. The third-order valence-electron chi connectivity index (χ3n) is 2.51. The van der Waals surface area contributed by atoms with Crippen LogP contribution in [0.2, 0.25) is 0 Å². The minimum absolute atomic E-state index is 0.147. The number of nitrogens with zero attached hydrogens (tertiary/aromatic N) is 3. The molecule has 0 aliphatic heterocycles. The molecule has 0 radical (unpaired) electrons. The second kappa shape index (κ2) is 5.31. The lowest BCUT2D eigenvalue weighted by molar-refractivity contribution is -0.389. The summed E-state index contributed by atoms with van der Waals surface area (Å²) >= 11 is 0. The van der Waals surface area contributed by atoms with E-state index in [1.165, 1.54) is 12.5 Å². The van der Waals surface area contributed by atoms with Crippen molar-refractivity contribution in [3.63, 3.8) is 0 Å². The van der Waals surface area contributed by atoms with Gasteiger partial charge in [-0.3, -0.25) is 0 Å². The van der Waals surface area contributed by atoms with Gasteiger partial charge in [0.25, 0.3) is 0 Å². The Hall–Kier alpha value is -2.37. The van der Waals surface area contributed by atoms with E-state index in [1.54, 1.807) is 4.57 Å². The molecular formula is C12H13N3O3. The van der Waals surface area contributed by atoms with E-state index in [-0.39, 0.29) is 5.82 Å². The van der Waals surface area contributed by atoms with Crippen LogP contribution < -0.4 is 4.74 Å². The Labute approximate surface area is 104 Å². The quantitative estimate of drug-likeness (QED) is 0.599. The number of rotatable bonds is 5. The number of imidazole rings is 1. The average molecular weight is 247 g/mol. The summed E-state index contributed by atoms with van der Waals surface area (Å²) < 4.78 is 7.23. The normalized spacial score (nSPS) is 10.3. The molecule has 0 saturated heterocycles. The molecule has 94 valence electrons. The van der Waals surface area contributed by atoms with Crippen LogP contribution in [0, 0.1) is 17.0 Å². The average Bonchev–Trinajstić information content (AvgIpc) is 2.80. The highest BCUT2D eigenvalue weighted by Crippen LogP contribution is 2.16. The molecule has 0 amide bonds. The standard InChI is InChI=1S/C12H13N3O3/c1-10-4-2-3-5-11(10)18-7-6-14-8-12(13-9-14)15(16)17/h2-5,8-9H,6-7H2,1H3. The summed E-state index contributed by atoms with van der Waals surface area (Å²) in [4.78, 5) is 13.6. The molecule has 6 nitrogen and oxygen atoms in total. The minimum atomic E-state index is -0.515. The summed E-state index contributed by atoms with van der Waals surface area (Å²) in [6.45, 7) is 2.94. The van der Waals surface area contributed by atoms with Gasteiger partial charge in [0, 0.05) is 0 Å². The number of para-hydroxylation sites is 1. The third-order valence-corrected chi connectivity index (χ3v) is 2.51. The molecule has 18 heavy (non-hydrogen) atoms. The maximum absolute atomic E-state index is 10.5. The van der Waals surface area contributed by atoms with Crippen molar-refractivity contribution in [3.05, 3.63) is 52.5 Å². The number of aromatic nitrogens is 2. The SMILES string of the molecule is Cc1ccccc1OCCn1cnc([N+](=O)[O-])c1. The molecule has 0 atom stereocenters. The van der Waals surface area contributed by atoms with Crippen LogP contribution in [0.1, 0.15) is 5.56 Å². The molecule has 0 aliphatic rings. The Morgan fingerprint density at radius 3 is 2.89 bits per heavy atom. The molecule has 0 bridgehead atoms. The van der Waals surface area contributed by atoms with Crippen molar-refractivity contribution in [2.45, 2.75) is 13.5 Å². The van der Waals surface area contributed by atoms with Crippen molar-refractivity contribution in [1.82, 2.24) is 9.55 Å². The fraction of sp³-hybridized carbons (Fsp3) is 0.250. The molecule has 0 spiro atoms. The van der Waals surface area contributed by atoms with Gasteiger partial charge in [0.2, 0.25) is 6.33 Å². The molecule has 0 fully saturated rings. The highest BCUT2D eigenvalue weighted by atomic mass is 16.6. The lowest BCUT2D eigenvalue weighted by Crippen LogP contribution is -2.07. The van der Waals surface area contributed by atoms with Crippen LogP contribution in [0.3, 0.4) is 0 Å². The van der Waals surface area contributed by atoms with Crippen LogP contribution in [0.5, 0.6) is 5.75 Å². The van der Waals surface area contributed by atoms with E-state index in [0.717, 1.165) is 11.3 Å². The zero-order valence-corrected chi connectivity index (χ0v) is 9.94. The lowest BCUT2D eigenvalue weighted by Gasteiger charge is -2.08. The van der Waals surface area contributed by atoms with Gasteiger partial charge in [-0.1, -0.05) is 18.2 Å². The Kier molecular flexibility index (Phi) is 3.57. The largest absolute Gasteiger partial charge is 0.491 e. The maximum atomic E-state index is 10.5. The number of hydrogen-bond acceptors (Lipinski definition) is 4. The number of nitro groups is 1. The highest BCUT2D eigenvalue weighted by Gasteiger charge is 2.09. The Morgan fingerprint density at radius 2 is 2.22 bits per heavy atom. The van der Waals surface area contributed by atoms with Gasteiger partial charge in [0.1, 0.15) is 18.6 Å². The van der Waals surface area contributed by atoms with Gasteiger partial charge < -0.3 is 19.4 Å². The van der Waals surface area contributed by atoms with E-state index in [0.29, 0.717) is 13.2 Å². The third kappa shape index (κ3) is 2.85. The van der Waals surface area contributed by atoms with Crippen LogP contribution in [0.15, 0.2) is 36.8 Å². The topological polar surface area (TPSA) is 70.2 Å². The molecule has 2 rings (SSSR count). The van der Waals surface area contributed by atoms with Crippen molar-refractivity contribution in [2.75, 3.05) is 6.61 Å². The number of hydrogen-bond donors (Lipinski definition) is 0. The molecule has 1 aromatic heterocycles. The fourth-order valence-electron chi connectivity index (χ4n) is 1.54. The predicted molar refractivity (Wildman–Crippen MR) is 65.6 cm³/mol. The smallest absolute Gasteiger partial charge is 0.381 e. The van der Waals surface area contributed by atoms with Crippen molar-refractivity contribution in [1.29, 1.82) is 0 Å². The van der Waals surface area contributed by atoms with Crippen LogP contribution in [0.4, 0.5) is 5.82 Å². The molecule has 0 unspecified atom stereocenters. The second-order valence-electron chi connectivity index (χ2n) is 3.84. The molecule has 0 N–H and O–H groups in total. The summed E-state index contributed by atoms with van der Waals surface area (Å²) in [5.41, 5.74) is 1.06. The zero-order chi connectivity index (χ0) is 13.0. The van der Waals surface area contributed by atoms with Crippen LogP contribution in [-0.4, -0.2) is 21.1 Å². The minimum Gasteiger partial charge on any atom is -0.491 e. The van der Waals surface area contributed by atoms with Crippen LogP contribution in [-0.2, 0) is 6.54 Å². The molecule has 0 saturated carbocycles. The highest BCUT2D eigenvalue weighted by molar-refractivity contribution is 5.31. The number of benzene rings is 1. The van der Waals surface area contributed by atoms with Gasteiger partial charge >= 0.3 is 5.82 Å². The van der Waals surface area contributed by atoms with Crippen LogP contribution in [0.25, 0.3) is 0 Å². The van der Waals surface area contributed by atoms with E-state index < -0.39 is 4.92 Å². The summed E-state index contributed by atoms with van der Waals surface area (Å²) in [7, 11) is 0. The molecule has 0 aliphatic carbocycles. The van der Waals surface area contributed by atoms with Crippen molar-refractivity contribution >= 4 is 5.82 Å². The van der Waals surface area contributed by atoms with E-state index in [9.17, 15) is 10.1 Å². The number of ether oxygens (including phenoxy) is 1. The van der Waals surface area contributed by atoms with Gasteiger partial charge in [-0.05, 0) is 28.5 Å². The molecule has 6 heteroatoms. The van der Waals surface area contributed by atoms with Crippen molar-refractivity contribution in [2.24, 2.45) is 0 Å². The summed E-state index contributed by atoms with van der Waals surface area (Å²) in [6.07, 6.45) is 2.82. The van der Waals surface area contributed by atoms with Gasteiger partial charge in [-0.15, -0.1) is 0 Å².